The highest BCUT2D eigenvalue weighted by Crippen LogP contribution is 2.29. The summed E-state index contributed by atoms with van der Waals surface area (Å²) in [6, 6.07) is 10.0. The third kappa shape index (κ3) is 7.47. The van der Waals surface area contributed by atoms with E-state index in [1.807, 2.05) is 30.5 Å². The minimum atomic E-state index is -0.525. The first-order chi connectivity index (χ1) is 15.1. The predicted octanol–water partition coefficient (Wildman–Crippen LogP) is 2.10. The van der Waals surface area contributed by atoms with E-state index in [2.05, 4.69) is 39.7 Å². The molecule has 1 fully saturated rings. The van der Waals surface area contributed by atoms with Crippen LogP contribution in [-0.4, -0.2) is 90.9 Å². The number of rotatable bonds is 11. The lowest BCUT2D eigenvalue weighted by atomic mass is 10.1. The molecule has 1 N–H and O–H groups in total. The van der Waals surface area contributed by atoms with Gasteiger partial charge in [-0.15, -0.1) is 0 Å². The molecule has 1 aromatic carbocycles. The number of β-amino-alcohol motifs (C(OH)–C–C–N with tert-alkyl or cyclic N) is 1. The van der Waals surface area contributed by atoms with Crippen LogP contribution < -0.4 is 9.47 Å². The molecule has 0 bridgehead atoms. The minimum absolute atomic E-state index is 0.255. The molecule has 0 saturated carbocycles. The van der Waals surface area contributed by atoms with Crippen molar-refractivity contribution in [2.24, 2.45) is 0 Å². The van der Waals surface area contributed by atoms with E-state index in [-0.39, 0.29) is 6.61 Å². The van der Waals surface area contributed by atoms with E-state index in [4.69, 9.17) is 9.47 Å². The van der Waals surface area contributed by atoms with Gasteiger partial charge >= 0.3 is 0 Å². The van der Waals surface area contributed by atoms with Crippen molar-refractivity contribution in [1.82, 2.24) is 19.7 Å². The van der Waals surface area contributed by atoms with Crippen molar-refractivity contribution < 1.29 is 14.6 Å². The summed E-state index contributed by atoms with van der Waals surface area (Å²) in [5.41, 5.74) is 2.33. The van der Waals surface area contributed by atoms with Gasteiger partial charge in [0.25, 0.3) is 0 Å². The molecule has 0 unspecified atom stereocenters. The Morgan fingerprint density at radius 1 is 1.06 bits per heavy atom. The van der Waals surface area contributed by atoms with Crippen LogP contribution in [0.1, 0.15) is 18.1 Å². The van der Waals surface area contributed by atoms with Crippen LogP contribution in [0.5, 0.6) is 11.5 Å². The maximum absolute atomic E-state index is 10.4. The van der Waals surface area contributed by atoms with Gasteiger partial charge in [-0.3, -0.25) is 14.8 Å². The highest BCUT2D eigenvalue weighted by atomic mass is 16.5. The largest absolute Gasteiger partial charge is 0.493 e. The van der Waals surface area contributed by atoms with Crippen molar-refractivity contribution in [3.63, 3.8) is 0 Å². The van der Waals surface area contributed by atoms with Crippen molar-refractivity contribution in [2.45, 2.75) is 26.1 Å². The SMILES string of the molecule is CCN1CCN(C[C@H](O)COc2ccc(CN(C)Cc3cccnc3)cc2OC)CC1. The van der Waals surface area contributed by atoms with E-state index in [1.54, 1.807) is 13.3 Å². The number of pyridine rings is 1. The van der Waals surface area contributed by atoms with Gasteiger partial charge in [-0.05, 0) is 42.9 Å². The normalized spacial score (nSPS) is 16.4. The average Bonchev–Trinajstić information content (AvgIpc) is 2.79. The molecule has 0 amide bonds. The van der Waals surface area contributed by atoms with Crippen LogP contribution in [0, 0.1) is 0 Å². The molecule has 0 radical (unpaired) electrons. The first kappa shape index (κ1) is 23.5. The summed E-state index contributed by atoms with van der Waals surface area (Å²) < 4.78 is 11.4. The van der Waals surface area contributed by atoms with Gasteiger partial charge < -0.3 is 19.5 Å². The zero-order valence-corrected chi connectivity index (χ0v) is 19.0. The smallest absolute Gasteiger partial charge is 0.161 e. The number of likely N-dealkylation sites (N-methyl/N-ethyl adjacent to an activating group) is 1. The molecule has 2 heterocycles. The molecule has 0 spiro atoms. The molecule has 7 nitrogen and oxygen atoms in total. The number of piperazine rings is 1. The van der Waals surface area contributed by atoms with Gasteiger partial charge in [0.2, 0.25) is 0 Å². The van der Waals surface area contributed by atoms with Crippen LogP contribution in [0.15, 0.2) is 42.7 Å². The number of aromatic nitrogens is 1. The summed E-state index contributed by atoms with van der Waals surface area (Å²) in [6.07, 6.45) is 3.16. The standard InChI is InChI=1S/C24H36N4O3/c1-4-27-10-12-28(13-11-27)18-22(29)19-31-23-8-7-20(14-24(23)30-3)16-26(2)17-21-6-5-9-25-15-21/h5-9,14-15,22,29H,4,10-13,16-19H2,1-3H3/t22-/m0/s1. The second-order valence-corrected chi connectivity index (χ2v) is 8.22. The second-order valence-electron chi connectivity index (χ2n) is 8.22. The number of benzene rings is 1. The highest BCUT2D eigenvalue weighted by molar-refractivity contribution is 5.43. The average molecular weight is 429 g/mol. The summed E-state index contributed by atoms with van der Waals surface area (Å²) in [5, 5.41) is 10.4. The summed E-state index contributed by atoms with van der Waals surface area (Å²) in [6.45, 7) is 9.91. The summed E-state index contributed by atoms with van der Waals surface area (Å²) in [5.74, 6) is 1.35. The minimum Gasteiger partial charge on any atom is -0.493 e. The van der Waals surface area contributed by atoms with Crippen LogP contribution >= 0.6 is 0 Å². The Bertz CT molecular complexity index is 782. The number of hydrogen-bond acceptors (Lipinski definition) is 7. The number of aliphatic hydroxyl groups is 1. The van der Waals surface area contributed by atoms with Gasteiger partial charge in [-0.2, -0.15) is 0 Å². The molecular formula is C24H36N4O3. The van der Waals surface area contributed by atoms with E-state index >= 15 is 0 Å². The van der Waals surface area contributed by atoms with E-state index in [0.717, 1.165) is 51.4 Å². The first-order valence-electron chi connectivity index (χ1n) is 11.1. The van der Waals surface area contributed by atoms with Gasteiger partial charge in [-0.25, -0.2) is 0 Å². The zero-order chi connectivity index (χ0) is 22.1. The lowest BCUT2D eigenvalue weighted by Gasteiger charge is -2.34. The quantitative estimate of drug-likeness (QED) is 0.588. The molecule has 1 atom stereocenters. The lowest BCUT2D eigenvalue weighted by Crippen LogP contribution is -2.49. The van der Waals surface area contributed by atoms with Gasteiger partial charge in [0, 0.05) is 58.2 Å². The van der Waals surface area contributed by atoms with E-state index in [9.17, 15) is 5.11 Å². The molecule has 1 aliphatic heterocycles. The molecule has 1 aliphatic rings. The number of methoxy groups -OCH3 is 1. The number of aliphatic hydroxyl groups excluding tert-OH is 1. The lowest BCUT2D eigenvalue weighted by molar-refractivity contribution is 0.0464. The van der Waals surface area contributed by atoms with Crippen LogP contribution in [0.4, 0.5) is 0 Å². The second kappa shape index (κ2) is 12.0. The van der Waals surface area contributed by atoms with Crippen molar-refractivity contribution in [3.05, 3.63) is 53.9 Å². The fourth-order valence-corrected chi connectivity index (χ4v) is 3.93. The Morgan fingerprint density at radius 2 is 1.81 bits per heavy atom. The molecule has 170 valence electrons. The van der Waals surface area contributed by atoms with Crippen molar-refractivity contribution in [3.8, 4) is 11.5 Å². The maximum atomic E-state index is 10.4. The molecule has 31 heavy (non-hydrogen) atoms. The Morgan fingerprint density at radius 3 is 2.48 bits per heavy atom. The van der Waals surface area contributed by atoms with Gasteiger partial charge in [0.05, 0.1) is 7.11 Å². The van der Waals surface area contributed by atoms with Crippen LogP contribution in [0.25, 0.3) is 0 Å². The number of nitrogens with zero attached hydrogens (tertiary/aromatic N) is 4. The monoisotopic (exact) mass is 428 g/mol. The highest BCUT2D eigenvalue weighted by Gasteiger charge is 2.19. The molecule has 1 aromatic heterocycles. The number of ether oxygens (including phenoxy) is 2. The Hall–Kier alpha value is -2.19. The Balaban J connectivity index is 1.48. The summed E-state index contributed by atoms with van der Waals surface area (Å²) >= 11 is 0. The van der Waals surface area contributed by atoms with Gasteiger partial charge in [0.1, 0.15) is 12.7 Å². The number of hydrogen-bond donors (Lipinski definition) is 1. The maximum Gasteiger partial charge on any atom is 0.161 e. The topological polar surface area (TPSA) is 61.3 Å². The zero-order valence-electron chi connectivity index (χ0n) is 19.0. The van der Waals surface area contributed by atoms with Crippen LogP contribution in [0.2, 0.25) is 0 Å². The van der Waals surface area contributed by atoms with E-state index in [1.165, 1.54) is 5.56 Å². The van der Waals surface area contributed by atoms with E-state index < -0.39 is 6.10 Å². The van der Waals surface area contributed by atoms with E-state index in [0.29, 0.717) is 18.0 Å². The Labute approximate surface area is 186 Å². The molecule has 7 heteroatoms. The van der Waals surface area contributed by atoms with Gasteiger partial charge in [0.15, 0.2) is 11.5 Å². The predicted molar refractivity (Wildman–Crippen MR) is 122 cm³/mol. The molecule has 0 aliphatic carbocycles. The third-order valence-electron chi connectivity index (χ3n) is 5.67. The fourth-order valence-electron chi connectivity index (χ4n) is 3.93. The molecule has 3 rings (SSSR count). The van der Waals surface area contributed by atoms with Gasteiger partial charge in [-0.1, -0.05) is 19.1 Å². The van der Waals surface area contributed by atoms with Crippen LogP contribution in [-0.2, 0) is 13.1 Å². The van der Waals surface area contributed by atoms with Crippen molar-refractivity contribution in [1.29, 1.82) is 0 Å². The molecule has 1 saturated heterocycles. The van der Waals surface area contributed by atoms with Crippen molar-refractivity contribution >= 4 is 0 Å². The Kier molecular flexibility index (Phi) is 9.09. The summed E-state index contributed by atoms with van der Waals surface area (Å²) in [7, 11) is 3.73. The molecular weight excluding hydrogens is 392 g/mol. The first-order valence-corrected chi connectivity index (χ1v) is 11.1. The third-order valence-corrected chi connectivity index (χ3v) is 5.67. The molecule has 2 aromatic rings. The van der Waals surface area contributed by atoms with Crippen LogP contribution in [0.3, 0.4) is 0 Å². The van der Waals surface area contributed by atoms with Crippen molar-refractivity contribution in [2.75, 3.05) is 60.0 Å². The fraction of sp³-hybridized carbons (Fsp3) is 0.542. The summed E-state index contributed by atoms with van der Waals surface area (Å²) in [4.78, 5) is 11.1.